The molecule has 4 aromatic rings. The molecule has 4 rings (SSSR count). The summed E-state index contributed by atoms with van der Waals surface area (Å²) in [6.07, 6.45) is 12.3. The highest BCUT2D eigenvalue weighted by Gasteiger charge is 2.30. The van der Waals surface area contributed by atoms with Crippen LogP contribution in [0.25, 0.3) is 0 Å². The Hall–Kier alpha value is -9.60. The average molecular weight is 1980 g/mol. The topological polar surface area (TPSA) is 526 Å². The van der Waals surface area contributed by atoms with Crippen molar-refractivity contribution < 1.29 is 81.3 Å². The number of hydrogen-bond acceptors (Lipinski definition) is 23. The number of amides is 13. The van der Waals surface area contributed by atoms with Crippen LogP contribution in [0.5, 0.6) is 0 Å². The van der Waals surface area contributed by atoms with Crippen molar-refractivity contribution >= 4 is 136 Å². The van der Waals surface area contributed by atoms with Crippen molar-refractivity contribution in [3.63, 3.8) is 0 Å². The summed E-state index contributed by atoms with van der Waals surface area (Å²) >= 11 is 25.1. The zero-order chi connectivity index (χ0) is 96.9. The van der Waals surface area contributed by atoms with Crippen molar-refractivity contribution in [3.8, 4) is 0 Å². The number of ether oxygens (including phenoxy) is 4. The number of unbranched alkanes of at least 4 members (excludes halogenated alkanes) is 13. The minimum absolute atomic E-state index is 0. The van der Waals surface area contributed by atoms with E-state index in [-0.39, 0.29) is 194 Å². The normalized spacial score (nSPS) is 12.1. The number of nitrogens with one attached hydrogen (secondary N) is 13. The predicted octanol–water partition coefficient (Wildman–Crippen LogP) is 9.00. The Morgan fingerprint density at radius 3 is 0.821 bits per heavy atom. The molecule has 36 nitrogen and oxygen atoms in total. The molecule has 0 radical (unpaired) electrons. The van der Waals surface area contributed by atoms with Crippen LogP contribution < -0.4 is 92.1 Å². The van der Waals surface area contributed by atoms with Crippen LogP contribution >= 0.6 is 58.8 Å². The van der Waals surface area contributed by atoms with E-state index in [0.29, 0.717) is 133 Å². The lowest BCUT2D eigenvalue weighted by Gasteiger charge is -2.31. The maximum Gasteiger partial charge on any atom is 0.408 e. The van der Waals surface area contributed by atoms with Crippen LogP contribution in [-0.4, -0.2) is 235 Å². The lowest BCUT2D eigenvalue weighted by Crippen LogP contribution is -2.50. The molecule has 13 amide bonds. The van der Waals surface area contributed by atoms with Crippen LogP contribution in [0.1, 0.15) is 209 Å². The molecular weight excluding hydrogens is 1830 g/mol. The van der Waals surface area contributed by atoms with E-state index in [9.17, 15) is 57.5 Å². The molecule has 0 aliphatic heterocycles. The SMILES string of the molecule is CCCCCCCCCCCCNC(=O)[C@H](CCCN(CCC(=O)NCCNC(=O)[C@H](CCCCN)NC(=O)OCc1ccccc1Cl)CCC(=O)NCCNC(=O)[C@H](CCCCN)NC(=O)OCc1ccccc1Cl)N(CCC(=O)NCCNC(=O)[C@H](CCCCN)NC(=O)OCc1ccccc1Cl)CCC(=O)NCCNC(=O)[C@H](CCCCN)NC(=O)OCc1ccccc1Cl.Cl. The maximum absolute atomic E-state index is 15.1. The van der Waals surface area contributed by atoms with Gasteiger partial charge in [-0.05, 0) is 153 Å². The summed E-state index contributed by atoms with van der Waals surface area (Å²) in [5.41, 5.74) is 25.3. The Bertz CT molecular complexity index is 3870. The van der Waals surface area contributed by atoms with Gasteiger partial charge in [-0.25, -0.2) is 19.2 Å². The minimum Gasteiger partial charge on any atom is -0.445 e. The highest BCUT2D eigenvalue weighted by Crippen LogP contribution is 2.22. The largest absolute Gasteiger partial charge is 0.445 e. The third-order valence-corrected chi connectivity index (χ3v) is 23.0. The smallest absolute Gasteiger partial charge is 0.408 e. The van der Waals surface area contributed by atoms with Crippen molar-refractivity contribution in [2.45, 2.75) is 243 Å². The van der Waals surface area contributed by atoms with E-state index in [1.54, 1.807) is 102 Å². The molecule has 134 heavy (non-hydrogen) atoms. The molecule has 0 unspecified atom stereocenters. The molecule has 0 heterocycles. The number of hydrogen-bond donors (Lipinski definition) is 17. The molecule has 4 aromatic carbocycles. The minimum atomic E-state index is -1.01. The third-order valence-electron chi connectivity index (χ3n) is 21.6. The van der Waals surface area contributed by atoms with Gasteiger partial charge in [-0.2, -0.15) is 0 Å². The summed E-state index contributed by atoms with van der Waals surface area (Å²) in [5.74, 6) is -4.24. The molecule has 5 atom stereocenters. The highest BCUT2D eigenvalue weighted by molar-refractivity contribution is 6.32. The zero-order valence-corrected chi connectivity index (χ0v) is 81.4. The van der Waals surface area contributed by atoms with Gasteiger partial charge in [-0.1, -0.05) is 184 Å². The molecular formula is C93H146Cl5N19O17. The first-order valence-corrected chi connectivity index (χ1v) is 48.3. The second-order valence-corrected chi connectivity index (χ2v) is 33.8. The summed E-state index contributed by atoms with van der Waals surface area (Å²) in [7, 11) is 0. The average Bonchev–Trinajstić information content (AvgIpc) is 0.797. The Morgan fingerprint density at radius 2 is 0.545 bits per heavy atom. The summed E-state index contributed by atoms with van der Waals surface area (Å²) in [6, 6.07) is 22.4. The van der Waals surface area contributed by atoms with Crippen LogP contribution in [0.15, 0.2) is 97.1 Å². The van der Waals surface area contributed by atoms with Gasteiger partial charge in [-0.15, -0.1) is 12.4 Å². The Labute approximate surface area is 815 Å². The fourth-order valence-electron chi connectivity index (χ4n) is 13.9. The third kappa shape index (κ3) is 54.8. The van der Waals surface area contributed by atoms with Crippen molar-refractivity contribution in [2.75, 3.05) is 118 Å². The van der Waals surface area contributed by atoms with Gasteiger partial charge in [0.25, 0.3) is 0 Å². The zero-order valence-electron chi connectivity index (χ0n) is 77.5. The fraction of sp³-hybridized carbons (Fsp3) is 0.602. The molecule has 0 aliphatic rings. The van der Waals surface area contributed by atoms with Crippen LogP contribution in [-0.2, 0) is 88.5 Å². The number of alkyl carbamates (subject to hydrolysis) is 4. The van der Waals surface area contributed by atoms with E-state index < -0.39 is 102 Å². The standard InChI is InChI=1S/C93H145Cl4N19O17.ClH/c1-2-3-4-5-6-7-8-9-10-27-50-106-89(125)80(116(62-44-83(119)104-53-57-109-87(123)78(39-21-25-48-100)113-92(128)132-66-70-31-13-17-35-74(70)96)63-45-84(120)105-54-58-110-88(124)79(40-22-26-49-101)114-93(129)133-67-71-32-14-18-36-75(71)97)41-28-59-115(60-42-81(117)102-51-55-107-85(121)76(37-19-23-46-98)111-90(126)130-64-68-29-11-15-33-72(68)94)61-43-82(118)103-52-56-108-86(122)77(38-20-24-47-99)112-91(127)131-65-69-30-12-16-34-73(69)95;/h11-18,29-36,76-80H,2-10,19-28,37-67,98-101H2,1H3,(H,102,117)(H,103,118)(H,104,119)(H,105,120)(H,106,125)(H,107,121)(H,108,122)(H,109,123)(H,110,124)(H,111,126)(H,112,127)(H,113,128)(H,114,129);1H/t76-,77-,78-,79-,80-;/m0./s1. The summed E-state index contributed by atoms with van der Waals surface area (Å²) in [6.45, 7) is 3.39. The van der Waals surface area contributed by atoms with E-state index in [2.05, 4.69) is 76.0 Å². The number of nitrogens with two attached hydrogens (primary N) is 4. The van der Waals surface area contributed by atoms with Crippen LogP contribution in [0.2, 0.25) is 20.1 Å². The van der Waals surface area contributed by atoms with E-state index in [1.807, 2.05) is 4.90 Å². The number of carbonyl (C=O) groups excluding carboxylic acids is 13. The Balaban J connectivity index is 0.0000462. The summed E-state index contributed by atoms with van der Waals surface area (Å²) in [4.78, 5) is 181. The van der Waals surface area contributed by atoms with Gasteiger partial charge in [0.1, 0.15) is 50.6 Å². The van der Waals surface area contributed by atoms with Crippen LogP contribution in [0.3, 0.4) is 0 Å². The fourth-order valence-corrected chi connectivity index (χ4v) is 14.7. The van der Waals surface area contributed by atoms with Crippen LogP contribution in [0, 0.1) is 0 Å². The van der Waals surface area contributed by atoms with Crippen molar-refractivity contribution in [2.24, 2.45) is 22.9 Å². The summed E-state index contributed by atoms with van der Waals surface area (Å²) < 4.78 is 21.6. The van der Waals surface area contributed by atoms with Crippen molar-refractivity contribution in [3.05, 3.63) is 139 Å². The van der Waals surface area contributed by atoms with E-state index in [4.69, 9.17) is 88.3 Å². The quantitative estimate of drug-likeness (QED) is 0.0145. The molecule has 0 spiro atoms. The van der Waals surface area contributed by atoms with Gasteiger partial charge in [0, 0.05) is 153 Å². The molecule has 41 heteroatoms. The second kappa shape index (κ2) is 74.6. The molecule has 0 fully saturated rings. The maximum atomic E-state index is 15.1. The first-order valence-electron chi connectivity index (χ1n) is 46.8. The van der Waals surface area contributed by atoms with Gasteiger partial charge in [0.05, 0.1) is 6.04 Å². The van der Waals surface area contributed by atoms with Crippen molar-refractivity contribution in [1.29, 1.82) is 0 Å². The van der Waals surface area contributed by atoms with Gasteiger partial charge in [-0.3, -0.25) is 48.1 Å². The molecule has 750 valence electrons. The molecule has 21 N–H and O–H groups in total. The highest BCUT2D eigenvalue weighted by atomic mass is 35.5. The van der Waals surface area contributed by atoms with Gasteiger partial charge in [0.15, 0.2) is 0 Å². The van der Waals surface area contributed by atoms with Gasteiger partial charge >= 0.3 is 24.4 Å². The number of rotatable bonds is 73. The van der Waals surface area contributed by atoms with Gasteiger partial charge < -0.3 is 116 Å². The first-order chi connectivity index (χ1) is 64.4. The Morgan fingerprint density at radius 1 is 0.291 bits per heavy atom. The predicted molar refractivity (Wildman–Crippen MR) is 522 cm³/mol. The van der Waals surface area contributed by atoms with E-state index in [1.165, 1.54) is 19.3 Å². The number of nitrogens with zero attached hydrogens (tertiary/aromatic N) is 2. The summed E-state index contributed by atoms with van der Waals surface area (Å²) in [5, 5.41) is 37.7. The number of carbonyl (C=O) groups is 13. The molecule has 0 aromatic heterocycles. The lowest BCUT2D eigenvalue weighted by atomic mass is 10.1. The molecule has 0 aliphatic carbocycles. The number of halogens is 5. The number of benzene rings is 4. The second-order valence-electron chi connectivity index (χ2n) is 32.2. The molecule has 0 bridgehead atoms. The van der Waals surface area contributed by atoms with E-state index in [0.717, 1.165) is 38.5 Å². The molecule has 0 saturated heterocycles. The Kier molecular flexibility index (Phi) is 66.0. The monoisotopic (exact) mass is 1980 g/mol. The molecule has 0 saturated carbocycles. The van der Waals surface area contributed by atoms with Crippen LogP contribution in [0.4, 0.5) is 19.2 Å². The lowest BCUT2D eigenvalue weighted by molar-refractivity contribution is -0.129. The van der Waals surface area contributed by atoms with Crippen molar-refractivity contribution in [1.82, 2.24) is 78.9 Å². The van der Waals surface area contributed by atoms with Gasteiger partial charge in [0.2, 0.25) is 53.2 Å². The first kappa shape index (κ1) is 119. The van der Waals surface area contributed by atoms with E-state index >= 15 is 4.79 Å².